The van der Waals surface area contributed by atoms with Crippen molar-refractivity contribution in [1.82, 2.24) is 4.98 Å². The highest BCUT2D eigenvalue weighted by Crippen LogP contribution is 2.30. The number of rotatable bonds is 8. The lowest BCUT2D eigenvalue weighted by atomic mass is 10.1. The summed E-state index contributed by atoms with van der Waals surface area (Å²) in [5.74, 6) is 0.649. The second-order valence-electron chi connectivity index (χ2n) is 6.84. The first kappa shape index (κ1) is 22.6. The van der Waals surface area contributed by atoms with E-state index in [1.165, 1.54) is 37.3 Å². The van der Waals surface area contributed by atoms with Crippen LogP contribution in [0.25, 0.3) is 10.2 Å². The maximum atomic E-state index is 12.8. The number of amides is 2. The molecule has 1 aromatic heterocycles. The summed E-state index contributed by atoms with van der Waals surface area (Å²) < 4.78 is 11.6. The van der Waals surface area contributed by atoms with Gasteiger partial charge < -0.3 is 20.1 Å². The van der Waals surface area contributed by atoms with E-state index in [2.05, 4.69) is 15.6 Å². The van der Waals surface area contributed by atoms with Crippen molar-refractivity contribution >= 4 is 55.9 Å². The number of nitrogens with one attached hydrogen (secondary N) is 2. The maximum absolute atomic E-state index is 12.8. The molecule has 2 N–H and O–H groups in total. The highest BCUT2D eigenvalue weighted by Gasteiger charge is 2.18. The molecule has 7 nitrogen and oxygen atoms in total. The third-order valence-corrected chi connectivity index (χ3v) is 6.64. The van der Waals surface area contributed by atoms with Crippen LogP contribution in [0.5, 0.6) is 11.5 Å². The number of methoxy groups -OCH3 is 2. The fourth-order valence-corrected chi connectivity index (χ4v) is 4.71. The van der Waals surface area contributed by atoms with Gasteiger partial charge in [-0.2, -0.15) is 0 Å². The predicted molar refractivity (Wildman–Crippen MR) is 133 cm³/mol. The van der Waals surface area contributed by atoms with Crippen molar-refractivity contribution in [2.45, 2.75) is 4.90 Å². The van der Waals surface area contributed by atoms with Crippen molar-refractivity contribution in [3.05, 3.63) is 72.3 Å². The van der Waals surface area contributed by atoms with Crippen molar-refractivity contribution in [3.8, 4) is 11.5 Å². The van der Waals surface area contributed by atoms with E-state index in [-0.39, 0.29) is 17.6 Å². The second-order valence-corrected chi connectivity index (χ2v) is 8.92. The Hall–Kier alpha value is -3.56. The second kappa shape index (κ2) is 10.4. The normalized spacial score (nSPS) is 10.6. The van der Waals surface area contributed by atoms with E-state index >= 15 is 0 Å². The van der Waals surface area contributed by atoms with E-state index in [0.29, 0.717) is 27.9 Å². The largest absolute Gasteiger partial charge is 0.496 e. The monoisotopic (exact) mass is 479 g/mol. The minimum Gasteiger partial charge on any atom is -0.496 e. The number of hydrogen-bond donors (Lipinski definition) is 2. The number of benzene rings is 3. The van der Waals surface area contributed by atoms with Gasteiger partial charge in [-0.15, -0.1) is 11.8 Å². The smallest absolute Gasteiger partial charge is 0.263 e. The Labute approximate surface area is 199 Å². The van der Waals surface area contributed by atoms with E-state index in [1.54, 1.807) is 30.3 Å². The SMILES string of the molecule is COc1cccc(OC)c1C(=O)Nc1ccc(SCC(=O)Nc2nc3ccccc3s2)cc1. The van der Waals surface area contributed by atoms with Crippen molar-refractivity contribution in [3.63, 3.8) is 0 Å². The van der Waals surface area contributed by atoms with Gasteiger partial charge >= 0.3 is 0 Å². The van der Waals surface area contributed by atoms with Crippen molar-refractivity contribution in [2.75, 3.05) is 30.6 Å². The van der Waals surface area contributed by atoms with Gasteiger partial charge in [0.2, 0.25) is 5.91 Å². The summed E-state index contributed by atoms with van der Waals surface area (Å²) in [4.78, 5) is 30.4. The summed E-state index contributed by atoms with van der Waals surface area (Å²) >= 11 is 2.85. The molecule has 168 valence electrons. The number of aromatic nitrogens is 1. The summed E-state index contributed by atoms with van der Waals surface area (Å²) in [7, 11) is 3.01. The number of hydrogen-bond acceptors (Lipinski definition) is 7. The van der Waals surface area contributed by atoms with Crippen LogP contribution in [0, 0.1) is 0 Å². The number of anilines is 2. The van der Waals surface area contributed by atoms with E-state index in [1.807, 2.05) is 36.4 Å². The van der Waals surface area contributed by atoms with E-state index in [4.69, 9.17) is 9.47 Å². The van der Waals surface area contributed by atoms with Crippen LogP contribution in [0.1, 0.15) is 10.4 Å². The molecule has 0 aliphatic heterocycles. The van der Waals surface area contributed by atoms with Crippen molar-refractivity contribution in [1.29, 1.82) is 0 Å². The average Bonchev–Trinajstić information content (AvgIpc) is 3.25. The molecule has 0 unspecified atom stereocenters. The molecule has 4 aromatic rings. The number of carbonyl (C=O) groups excluding carboxylic acids is 2. The Morgan fingerprint density at radius 3 is 2.27 bits per heavy atom. The molecule has 0 aliphatic rings. The van der Waals surface area contributed by atoms with Gasteiger partial charge in [0.25, 0.3) is 5.91 Å². The molecular formula is C24H21N3O4S2. The molecule has 0 saturated carbocycles. The van der Waals surface area contributed by atoms with Crippen LogP contribution in [0.3, 0.4) is 0 Å². The quantitative estimate of drug-likeness (QED) is 0.334. The number of thioether (sulfide) groups is 1. The van der Waals surface area contributed by atoms with Gasteiger partial charge in [0.15, 0.2) is 5.13 Å². The van der Waals surface area contributed by atoms with Crippen molar-refractivity contribution in [2.24, 2.45) is 0 Å². The fraction of sp³-hybridized carbons (Fsp3) is 0.125. The van der Waals surface area contributed by atoms with Crippen LogP contribution < -0.4 is 20.1 Å². The molecule has 0 atom stereocenters. The summed E-state index contributed by atoms with van der Waals surface area (Å²) in [6.07, 6.45) is 0. The Morgan fingerprint density at radius 1 is 0.909 bits per heavy atom. The maximum Gasteiger partial charge on any atom is 0.263 e. The fourth-order valence-electron chi connectivity index (χ4n) is 3.13. The van der Waals surface area contributed by atoms with Gasteiger partial charge in [0, 0.05) is 10.6 Å². The molecule has 9 heteroatoms. The lowest BCUT2D eigenvalue weighted by molar-refractivity contribution is -0.113. The number of nitrogens with zero attached hydrogens (tertiary/aromatic N) is 1. The Morgan fingerprint density at radius 2 is 1.61 bits per heavy atom. The summed E-state index contributed by atoms with van der Waals surface area (Å²) in [6, 6.07) is 20.2. The van der Waals surface area contributed by atoms with E-state index in [9.17, 15) is 9.59 Å². The summed E-state index contributed by atoms with van der Waals surface area (Å²) in [6.45, 7) is 0. The average molecular weight is 480 g/mol. The van der Waals surface area contributed by atoms with E-state index < -0.39 is 0 Å². The Bertz CT molecular complexity index is 1230. The first-order valence-electron chi connectivity index (χ1n) is 9.98. The molecule has 0 spiro atoms. The summed E-state index contributed by atoms with van der Waals surface area (Å²) in [5, 5.41) is 6.29. The molecule has 0 radical (unpaired) electrons. The van der Waals surface area contributed by atoms with Gasteiger partial charge in [-0.1, -0.05) is 29.5 Å². The number of fused-ring (bicyclic) bond motifs is 1. The Kier molecular flexibility index (Phi) is 7.11. The van der Waals surface area contributed by atoms with Gasteiger partial charge in [-0.25, -0.2) is 4.98 Å². The number of carbonyl (C=O) groups is 2. The molecular weight excluding hydrogens is 458 g/mol. The zero-order chi connectivity index (χ0) is 23.2. The van der Waals surface area contributed by atoms with Crippen LogP contribution in [-0.4, -0.2) is 36.8 Å². The lowest BCUT2D eigenvalue weighted by Gasteiger charge is -2.13. The standard InChI is InChI=1S/C24H21N3O4S2/c1-30-18-7-5-8-19(31-2)22(18)23(29)25-15-10-12-16(13-11-15)32-14-21(28)27-24-26-17-6-3-4-9-20(17)33-24/h3-13H,14H2,1-2H3,(H,25,29)(H,26,27,28). The molecule has 2 amide bonds. The summed E-state index contributed by atoms with van der Waals surface area (Å²) in [5.41, 5.74) is 1.82. The zero-order valence-electron chi connectivity index (χ0n) is 18.0. The number of para-hydroxylation sites is 1. The number of thiazole rings is 1. The third-order valence-electron chi connectivity index (χ3n) is 4.68. The van der Waals surface area contributed by atoms with Crippen LogP contribution >= 0.6 is 23.1 Å². The molecule has 0 aliphatic carbocycles. The van der Waals surface area contributed by atoms with Crippen molar-refractivity contribution < 1.29 is 19.1 Å². The highest BCUT2D eigenvalue weighted by molar-refractivity contribution is 8.00. The molecule has 33 heavy (non-hydrogen) atoms. The van der Waals surface area contributed by atoms with Crippen LogP contribution in [0.15, 0.2) is 71.6 Å². The molecule has 3 aromatic carbocycles. The lowest BCUT2D eigenvalue weighted by Crippen LogP contribution is -2.14. The first-order valence-corrected chi connectivity index (χ1v) is 11.8. The van der Waals surface area contributed by atoms with Gasteiger partial charge in [-0.3, -0.25) is 9.59 Å². The van der Waals surface area contributed by atoms with Crippen LogP contribution in [-0.2, 0) is 4.79 Å². The number of ether oxygens (including phenoxy) is 2. The first-order chi connectivity index (χ1) is 16.1. The minimum atomic E-state index is -0.333. The Balaban J connectivity index is 1.34. The molecule has 0 saturated heterocycles. The van der Waals surface area contributed by atoms with Gasteiger partial charge in [0.1, 0.15) is 17.1 Å². The molecule has 4 rings (SSSR count). The van der Waals surface area contributed by atoms with Gasteiger partial charge in [-0.05, 0) is 48.5 Å². The van der Waals surface area contributed by atoms with Crippen LogP contribution in [0.4, 0.5) is 10.8 Å². The van der Waals surface area contributed by atoms with Crippen LogP contribution in [0.2, 0.25) is 0 Å². The zero-order valence-corrected chi connectivity index (χ0v) is 19.6. The molecule has 0 fully saturated rings. The molecule has 1 heterocycles. The molecule has 0 bridgehead atoms. The van der Waals surface area contributed by atoms with Gasteiger partial charge in [0.05, 0.1) is 30.2 Å². The third kappa shape index (κ3) is 5.44. The topological polar surface area (TPSA) is 89.5 Å². The minimum absolute atomic E-state index is 0.125. The highest BCUT2D eigenvalue weighted by atomic mass is 32.2. The predicted octanol–water partition coefficient (Wildman–Crippen LogP) is 5.30. The van der Waals surface area contributed by atoms with E-state index in [0.717, 1.165) is 15.1 Å².